The molecule has 15 heteroatoms. The molecule has 58 heavy (non-hydrogen) atoms. The van der Waals surface area contributed by atoms with Crippen molar-refractivity contribution in [3.63, 3.8) is 0 Å². The summed E-state index contributed by atoms with van der Waals surface area (Å²) < 4.78 is 134. The molecule has 0 aliphatic rings. The number of nitriles is 1. The molecule has 0 amide bonds. The highest BCUT2D eigenvalue weighted by molar-refractivity contribution is 5.47. The normalized spacial score (nSPS) is 13.4. The Morgan fingerprint density at radius 1 is 0.534 bits per heavy atom. The number of alkyl halides is 6. The van der Waals surface area contributed by atoms with Gasteiger partial charge >= 0.3 is 12.4 Å². The Balaban J connectivity index is 0.000000246. The molecule has 2 atom stereocenters. The summed E-state index contributed by atoms with van der Waals surface area (Å²) >= 11 is 0. The van der Waals surface area contributed by atoms with Crippen molar-refractivity contribution in [1.82, 2.24) is 9.97 Å². The number of hydrogen-bond donors (Lipinski definition) is 2. The first-order valence-electron chi connectivity index (χ1n) is 17.1. The first kappa shape index (κ1) is 44.6. The first-order chi connectivity index (χ1) is 27.5. The second kappa shape index (κ2) is 18.9. The fourth-order valence-corrected chi connectivity index (χ4v) is 6.30. The smallest absolute Gasteiger partial charge is 0.400 e. The molecule has 0 aliphatic heterocycles. The standard InChI is InChI=1S/C21H17F5N2.C21H13F5N2.CH4O/c2*22-17-6-7-19(28-12-17)20(13-27,11-14-4-2-1-3-5-14)15-8-16(21(24,25)26)10-18(23)9-15;1-2/h1-10,12H,11,13,27H2;1-10,12H,11H2;2H,1H3. The van der Waals surface area contributed by atoms with Crippen molar-refractivity contribution in [2.24, 2.45) is 5.73 Å². The number of pyridine rings is 2. The van der Waals surface area contributed by atoms with Crippen LogP contribution in [0.2, 0.25) is 0 Å². The van der Waals surface area contributed by atoms with Gasteiger partial charge in [0.2, 0.25) is 0 Å². The van der Waals surface area contributed by atoms with Crippen molar-refractivity contribution >= 4 is 0 Å². The zero-order valence-corrected chi connectivity index (χ0v) is 30.5. The van der Waals surface area contributed by atoms with Crippen LogP contribution in [0.5, 0.6) is 0 Å². The number of aromatic nitrogens is 2. The van der Waals surface area contributed by atoms with Crippen molar-refractivity contribution in [3.8, 4) is 6.07 Å². The van der Waals surface area contributed by atoms with Gasteiger partial charge in [-0.1, -0.05) is 60.7 Å². The fourth-order valence-electron chi connectivity index (χ4n) is 6.30. The third-order valence-electron chi connectivity index (χ3n) is 9.08. The zero-order valence-electron chi connectivity index (χ0n) is 30.5. The summed E-state index contributed by atoms with van der Waals surface area (Å²) in [6, 6.07) is 28.6. The van der Waals surface area contributed by atoms with Gasteiger partial charge in [0.25, 0.3) is 0 Å². The Morgan fingerprint density at radius 2 is 0.948 bits per heavy atom. The van der Waals surface area contributed by atoms with Crippen LogP contribution < -0.4 is 5.73 Å². The molecule has 0 spiro atoms. The van der Waals surface area contributed by atoms with Gasteiger partial charge in [-0.15, -0.1) is 0 Å². The number of halogens is 10. The maximum absolute atomic E-state index is 14.1. The van der Waals surface area contributed by atoms with Crippen molar-refractivity contribution in [1.29, 1.82) is 5.26 Å². The zero-order chi connectivity index (χ0) is 42.7. The van der Waals surface area contributed by atoms with Gasteiger partial charge in [0.1, 0.15) is 28.7 Å². The highest BCUT2D eigenvalue weighted by atomic mass is 19.4. The van der Waals surface area contributed by atoms with Gasteiger partial charge < -0.3 is 10.8 Å². The molecule has 0 fully saturated rings. The average Bonchev–Trinajstić information content (AvgIpc) is 3.20. The van der Waals surface area contributed by atoms with E-state index in [0.29, 0.717) is 17.7 Å². The van der Waals surface area contributed by atoms with E-state index in [4.69, 9.17) is 10.8 Å². The highest BCUT2D eigenvalue weighted by Crippen LogP contribution is 2.40. The third kappa shape index (κ3) is 10.6. The fraction of sp³-hybridized carbons (Fsp3) is 0.186. The second-order valence-corrected chi connectivity index (χ2v) is 12.8. The van der Waals surface area contributed by atoms with E-state index in [-0.39, 0.29) is 41.9 Å². The number of aliphatic hydroxyl groups excluding tert-OH is 1. The van der Waals surface area contributed by atoms with E-state index < -0.39 is 57.6 Å². The summed E-state index contributed by atoms with van der Waals surface area (Å²) in [5, 5.41) is 17.0. The molecule has 4 aromatic carbocycles. The summed E-state index contributed by atoms with van der Waals surface area (Å²) in [5.74, 6) is -3.41. The summed E-state index contributed by atoms with van der Waals surface area (Å²) in [6.07, 6.45) is -7.57. The minimum atomic E-state index is -4.79. The van der Waals surface area contributed by atoms with Gasteiger partial charge in [-0.3, -0.25) is 9.97 Å². The molecule has 0 saturated heterocycles. The molecule has 2 unspecified atom stereocenters. The van der Waals surface area contributed by atoms with Crippen LogP contribution in [0.25, 0.3) is 0 Å². The molecule has 0 aliphatic carbocycles. The molecular weight excluding hydrogens is 778 g/mol. The van der Waals surface area contributed by atoms with E-state index in [9.17, 15) is 49.2 Å². The Labute approximate surface area is 327 Å². The number of nitrogens with zero attached hydrogens (tertiary/aromatic N) is 3. The van der Waals surface area contributed by atoms with E-state index in [2.05, 4.69) is 9.97 Å². The van der Waals surface area contributed by atoms with Crippen LogP contribution in [-0.2, 0) is 36.0 Å². The number of aliphatic hydroxyl groups is 1. The van der Waals surface area contributed by atoms with E-state index in [1.54, 1.807) is 60.7 Å². The molecule has 2 aromatic heterocycles. The molecule has 6 aromatic rings. The minimum absolute atomic E-state index is 0.0268. The summed E-state index contributed by atoms with van der Waals surface area (Å²) in [7, 11) is 1.00. The third-order valence-corrected chi connectivity index (χ3v) is 9.08. The SMILES string of the molecule is CO.N#CC(Cc1ccccc1)(c1cc(F)cc(C(F)(F)F)c1)c1ccc(F)cn1.NCC(Cc1ccccc1)(c1cc(F)cc(C(F)(F)F)c1)c1ccc(F)cn1. The number of benzene rings is 4. The maximum atomic E-state index is 14.1. The van der Waals surface area contributed by atoms with E-state index in [1.165, 1.54) is 12.1 Å². The Kier molecular flexibility index (Phi) is 14.5. The van der Waals surface area contributed by atoms with Crippen molar-refractivity contribution in [3.05, 3.63) is 202 Å². The number of rotatable bonds is 9. The largest absolute Gasteiger partial charge is 0.416 e. The van der Waals surface area contributed by atoms with E-state index >= 15 is 0 Å². The molecule has 0 radical (unpaired) electrons. The topological polar surface area (TPSA) is 95.8 Å². The minimum Gasteiger partial charge on any atom is -0.400 e. The highest BCUT2D eigenvalue weighted by Gasteiger charge is 2.41. The van der Waals surface area contributed by atoms with Crippen LogP contribution in [0.15, 0.2) is 134 Å². The maximum Gasteiger partial charge on any atom is 0.416 e. The van der Waals surface area contributed by atoms with Crippen LogP contribution in [0.1, 0.15) is 44.8 Å². The van der Waals surface area contributed by atoms with Crippen molar-refractivity contribution in [2.75, 3.05) is 13.7 Å². The lowest BCUT2D eigenvalue weighted by atomic mass is 9.72. The number of nitrogens with two attached hydrogens (primary N) is 1. The van der Waals surface area contributed by atoms with Gasteiger partial charge in [0.15, 0.2) is 0 Å². The van der Waals surface area contributed by atoms with Gasteiger partial charge in [-0.25, -0.2) is 17.6 Å². The summed E-state index contributed by atoms with van der Waals surface area (Å²) in [4.78, 5) is 7.97. The van der Waals surface area contributed by atoms with Crippen LogP contribution in [0.3, 0.4) is 0 Å². The molecule has 0 bridgehead atoms. The van der Waals surface area contributed by atoms with E-state index in [0.717, 1.165) is 61.5 Å². The molecule has 5 nitrogen and oxygen atoms in total. The molecular formula is C43H34F10N4O. The predicted molar refractivity (Wildman–Crippen MR) is 196 cm³/mol. The van der Waals surface area contributed by atoms with Gasteiger partial charge in [-0.05, 0) is 89.3 Å². The average molecular weight is 813 g/mol. The predicted octanol–water partition coefficient (Wildman–Crippen LogP) is 9.91. The van der Waals surface area contributed by atoms with Crippen molar-refractivity contribution in [2.45, 2.75) is 36.0 Å². The molecule has 6 rings (SSSR count). The van der Waals surface area contributed by atoms with Crippen LogP contribution in [-0.4, -0.2) is 28.7 Å². The van der Waals surface area contributed by atoms with Gasteiger partial charge in [0.05, 0.1) is 46.4 Å². The van der Waals surface area contributed by atoms with Crippen molar-refractivity contribution < 1.29 is 49.0 Å². The van der Waals surface area contributed by atoms with Gasteiger partial charge in [-0.2, -0.15) is 31.6 Å². The Bertz CT molecular complexity index is 2280. The Hall–Kier alpha value is -6.11. The van der Waals surface area contributed by atoms with Crippen LogP contribution in [0.4, 0.5) is 43.9 Å². The van der Waals surface area contributed by atoms with Gasteiger partial charge in [0, 0.05) is 20.1 Å². The summed E-state index contributed by atoms with van der Waals surface area (Å²) in [6.45, 7) is -0.152. The molecule has 2 heterocycles. The van der Waals surface area contributed by atoms with Crippen LogP contribution >= 0.6 is 0 Å². The second-order valence-electron chi connectivity index (χ2n) is 12.8. The lowest BCUT2D eigenvalue weighted by Gasteiger charge is -2.33. The quantitative estimate of drug-likeness (QED) is 0.142. The molecule has 0 saturated carbocycles. The monoisotopic (exact) mass is 812 g/mol. The summed E-state index contributed by atoms with van der Waals surface area (Å²) in [5.41, 5.74) is 2.22. The number of hydrogen-bond acceptors (Lipinski definition) is 5. The lowest BCUT2D eigenvalue weighted by molar-refractivity contribution is -0.138. The Morgan fingerprint density at radius 3 is 1.36 bits per heavy atom. The van der Waals surface area contributed by atoms with E-state index in [1.807, 2.05) is 6.07 Å². The lowest BCUT2D eigenvalue weighted by Crippen LogP contribution is -2.40. The van der Waals surface area contributed by atoms with Crippen LogP contribution in [0, 0.1) is 34.6 Å². The molecule has 302 valence electrons. The first-order valence-corrected chi connectivity index (χ1v) is 17.1. The molecule has 3 N–H and O–H groups in total.